The van der Waals surface area contributed by atoms with Crippen molar-refractivity contribution in [2.75, 3.05) is 11.9 Å². The summed E-state index contributed by atoms with van der Waals surface area (Å²) >= 11 is 0. The first kappa shape index (κ1) is 9.21. The molecular formula is C11H14N2O. The summed E-state index contributed by atoms with van der Waals surface area (Å²) in [5, 5.41) is 2.87. The van der Waals surface area contributed by atoms with Crippen LogP contribution in [0.25, 0.3) is 0 Å². The Balaban J connectivity index is 2.36. The molecule has 3 heteroatoms. The van der Waals surface area contributed by atoms with Gasteiger partial charge in [0.1, 0.15) is 0 Å². The highest BCUT2D eigenvalue weighted by Gasteiger charge is 2.24. The van der Waals surface area contributed by atoms with Crippen LogP contribution in [0.3, 0.4) is 0 Å². The summed E-state index contributed by atoms with van der Waals surface area (Å²) in [7, 11) is 0. The van der Waals surface area contributed by atoms with Crippen LogP contribution in [0.15, 0.2) is 18.2 Å². The number of hydrogen-bond acceptors (Lipinski definition) is 2. The van der Waals surface area contributed by atoms with Gasteiger partial charge in [-0.3, -0.25) is 4.79 Å². The number of benzene rings is 1. The van der Waals surface area contributed by atoms with E-state index in [4.69, 9.17) is 5.73 Å². The fraction of sp³-hybridized carbons (Fsp3) is 0.364. The third kappa shape index (κ3) is 1.51. The van der Waals surface area contributed by atoms with Gasteiger partial charge in [-0.05, 0) is 25.0 Å². The van der Waals surface area contributed by atoms with E-state index in [1.54, 1.807) is 0 Å². The first-order valence-corrected chi connectivity index (χ1v) is 4.81. The lowest BCUT2D eigenvalue weighted by molar-refractivity contribution is -0.119. The number of hydrogen-bond donors (Lipinski definition) is 2. The van der Waals surface area contributed by atoms with Crippen LogP contribution in [0.5, 0.6) is 0 Å². The Morgan fingerprint density at radius 2 is 2.36 bits per heavy atom. The van der Waals surface area contributed by atoms with E-state index in [2.05, 4.69) is 11.4 Å². The molecule has 3 N–H and O–H groups in total. The van der Waals surface area contributed by atoms with Crippen LogP contribution in [0.1, 0.15) is 11.1 Å². The molecule has 0 aromatic heterocycles. The molecular weight excluding hydrogens is 176 g/mol. The molecule has 0 aliphatic carbocycles. The van der Waals surface area contributed by atoms with Crippen molar-refractivity contribution < 1.29 is 4.79 Å². The van der Waals surface area contributed by atoms with Crippen molar-refractivity contribution in [3.63, 3.8) is 0 Å². The van der Waals surface area contributed by atoms with Gasteiger partial charge >= 0.3 is 0 Å². The first-order valence-electron chi connectivity index (χ1n) is 4.81. The van der Waals surface area contributed by atoms with Crippen LogP contribution in [-0.2, 0) is 11.2 Å². The van der Waals surface area contributed by atoms with Gasteiger partial charge in [0, 0.05) is 12.2 Å². The average Bonchev–Trinajstić information content (AvgIpc) is 2.17. The molecule has 1 heterocycles. The third-order valence-electron chi connectivity index (χ3n) is 2.64. The largest absolute Gasteiger partial charge is 0.330 e. The number of anilines is 1. The zero-order chi connectivity index (χ0) is 10.1. The summed E-state index contributed by atoms with van der Waals surface area (Å²) in [5.41, 5.74) is 8.88. The van der Waals surface area contributed by atoms with Crippen LogP contribution >= 0.6 is 0 Å². The minimum Gasteiger partial charge on any atom is -0.330 e. The van der Waals surface area contributed by atoms with E-state index in [1.165, 1.54) is 11.1 Å². The summed E-state index contributed by atoms with van der Waals surface area (Å²) in [5.74, 6) is -0.0202. The minimum absolute atomic E-state index is 0.0452. The molecule has 1 aromatic carbocycles. The SMILES string of the molecule is Cc1ccc2c(c1)CC(CN)C(=O)N2. The lowest BCUT2D eigenvalue weighted by atomic mass is 9.92. The highest BCUT2D eigenvalue weighted by molar-refractivity contribution is 5.95. The Kier molecular flexibility index (Phi) is 2.25. The fourth-order valence-electron chi connectivity index (χ4n) is 1.80. The molecule has 14 heavy (non-hydrogen) atoms. The van der Waals surface area contributed by atoms with Gasteiger partial charge in [0.2, 0.25) is 5.91 Å². The van der Waals surface area contributed by atoms with Crippen LogP contribution in [0.2, 0.25) is 0 Å². The van der Waals surface area contributed by atoms with E-state index in [0.717, 1.165) is 12.1 Å². The van der Waals surface area contributed by atoms with Gasteiger partial charge < -0.3 is 11.1 Å². The lowest BCUT2D eigenvalue weighted by Gasteiger charge is -2.23. The average molecular weight is 190 g/mol. The number of carbonyl (C=O) groups excluding carboxylic acids is 1. The first-order chi connectivity index (χ1) is 6.70. The van der Waals surface area contributed by atoms with Crippen molar-refractivity contribution >= 4 is 11.6 Å². The zero-order valence-electron chi connectivity index (χ0n) is 8.21. The van der Waals surface area contributed by atoms with E-state index < -0.39 is 0 Å². The fourth-order valence-corrected chi connectivity index (χ4v) is 1.80. The molecule has 0 radical (unpaired) electrons. The van der Waals surface area contributed by atoms with Crippen molar-refractivity contribution in [3.05, 3.63) is 29.3 Å². The van der Waals surface area contributed by atoms with E-state index in [1.807, 2.05) is 19.1 Å². The minimum atomic E-state index is -0.0655. The number of aryl methyl sites for hydroxylation is 1. The van der Waals surface area contributed by atoms with Crippen LogP contribution < -0.4 is 11.1 Å². The molecule has 0 bridgehead atoms. The van der Waals surface area contributed by atoms with Gasteiger partial charge in [0.15, 0.2) is 0 Å². The van der Waals surface area contributed by atoms with Gasteiger partial charge in [-0.15, -0.1) is 0 Å². The standard InChI is InChI=1S/C11H14N2O/c1-7-2-3-10-8(4-7)5-9(6-12)11(14)13-10/h2-4,9H,5-6,12H2,1H3,(H,13,14). The Morgan fingerprint density at radius 1 is 1.57 bits per heavy atom. The summed E-state index contributed by atoms with van der Waals surface area (Å²) < 4.78 is 0. The molecule has 2 rings (SSSR count). The van der Waals surface area contributed by atoms with Crippen molar-refractivity contribution in [1.29, 1.82) is 0 Å². The van der Waals surface area contributed by atoms with Gasteiger partial charge in [-0.2, -0.15) is 0 Å². The second-order valence-electron chi connectivity index (χ2n) is 3.79. The Hall–Kier alpha value is -1.35. The smallest absolute Gasteiger partial charge is 0.229 e. The second kappa shape index (κ2) is 3.42. The molecule has 1 aromatic rings. The number of carbonyl (C=O) groups is 1. The molecule has 0 spiro atoms. The Bertz CT molecular complexity index is 374. The topological polar surface area (TPSA) is 55.1 Å². The molecule has 3 nitrogen and oxygen atoms in total. The van der Waals surface area contributed by atoms with Gasteiger partial charge in [0.05, 0.1) is 5.92 Å². The van der Waals surface area contributed by atoms with E-state index in [-0.39, 0.29) is 11.8 Å². The van der Waals surface area contributed by atoms with Crippen LogP contribution in [-0.4, -0.2) is 12.5 Å². The molecule has 0 saturated carbocycles. The van der Waals surface area contributed by atoms with Crippen molar-refractivity contribution in [2.45, 2.75) is 13.3 Å². The summed E-state index contributed by atoms with van der Waals surface area (Å²) in [6.07, 6.45) is 0.763. The summed E-state index contributed by atoms with van der Waals surface area (Å²) in [6, 6.07) is 6.06. The normalized spacial score (nSPS) is 20.1. The number of amides is 1. The van der Waals surface area contributed by atoms with Gasteiger partial charge in [-0.1, -0.05) is 17.7 Å². The quantitative estimate of drug-likeness (QED) is 0.695. The Labute approximate surface area is 83.3 Å². The summed E-state index contributed by atoms with van der Waals surface area (Å²) in [4.78, 5) is 11.5. The highest BCUT2D eigenvalue weighted by Crippen LogP contribution is 2.25. The van der Waals surface area contributed by atoms with Crippen molar-refractivity contribution in [1.82, 2.24) is 0 Å². The molecule has 1 aliphatic rings. The second-order valence-corrected chi connectivity index (χ2v) is 3.79. The maximum Gasteiger partial charge on any atom is 0.229 e. The van der Waals surface area contributed by atoms with Gasteiger partial charge in [-0.25, -0.2) is 0 Å². The van der Waals surface area contributed by atoms with Gasteiger partial charge in [0.25, 0.3) is 0 Å². The molecule has 0 saturated heterocycles. The molecule has 1 amide bonds. The highest BCUT2D eigenvalue weighted by atomic mass is 16.1. The van der Waals surface area contributed by atoms with Crippen LogP contribution in [0, 0.1) is 12.8 Å². The van der Waals surface area contributed by atoms with E-state index >= 15 is 0 Å². The molecule has 1 atom stereocenters. The van der Waals surface area contributed by atoms with E-state index in [0.29, 0.717) is 6.54 Å². The lowest BCUT2D eigenvalue weighted by Crippen LogP contribution is -2.34. The van der Waals surface area contributed by atoms with Crippen molar-refractivity contribution in [2.24, 2.45) is 11.7 Å². The number of rotatable bonds is 1. The van der Waals surface area contributed by atoms with E-state index in [9.17, 15) is 4.79 Å². The number of nitrogens with two attached hydrogens (primary N) is 1. The number of fused-ring (bicyclic) bond motifs is 1. The van der Waals surface area contributed by atoms with Crippen LogP contribution in [0.4, 0.5) is 5.69 Å². The summed E-state index contributed by atoms with van der Waals surface area (Å²) in [6.45, 7) is 2.47. The zero-order valence-corrected chi connectivity index (χ0v) is 8.21. The predicted molar refractivity (Wildman–Crippen MR) is 56.1 cm³/mol. The maximum absolute atomic E-state index is 11.5. The third-order valence-corrected chi connectivity index (χ3v) is 2.64. The molecule has 74 valence electrons. The van der Waals surface area contributed by atoms with Crippen molar-refractivity contribution in [3.8, 4) is 0 Å². The molecule has 1 unspecified atom stereocenters. The monoisotopic (exact) mass is 190 g/mol. The number of nitrogens with one attached hydrogen (secondary N) is 1. The Morgan fingerprint density at radius 3 is 3.07 bits per heavy atom. The molecule has 1 aliphatic heterocycles. The predicted octanol–water partition coefficient (Wildman–Crippen LogP) is 1.06. The molecule has 0 fully saturated rings. The maximum atomic E-state index is 11.5.